The van der Waals surface area contributed by atoms with Crippen LogP contribution in [0.4, 0.5) is 17.1 Å². The maximum atomic E-state index is 12.4. The Labute approximate surface area is 415 Å². The molecule has 2 bridgehead atoms. The Morgan fingerprint density at radius 2 is 1.25 bits per heavy atom. The summed E-state index contributed by atoms with van der Waals surface area (Å²) in [5.41, 5.74) is 8.70. The standard InChI is InChI=1S/C48H72Cl2N6O13/c1-60-42-31-41(37(49)29-38(42)50)54-45-36-28-43(61-2)44(30-40(36)53-32-39(45)51)69-11-3-5-55-6-8-56(9-7-55)10-13-63-15-17-65-19-21-67-23-25-68-24-22-66-20-18-64-16-14-62-12-4-52-48(59)35-27-33-26-34(35)47(58)46(33)57/h28-35,46-47,57-58H,3-27,51H2,1-2H3,(H,52,59)(H,53,54). The van der Waals surface area contributed by atoms with Crippen molar-refractivity contribution < 1.29 is 62.4 Å². The van der Waals surface area contributed by atoms with Gasteiger partial charge in [-0.3, -0.25) is 14.7 Å². The highest BCUT2D eigenvalue weighted by atomic mass is 35.5. The summed E-state index contributed by atoms with van der Waals surface area (Å²) in [6, 6.07) is 7.06. The number of fused-ring (bicyclic) bond motifs is 3. The second kappa shape index (κ2) is 29.7. The van der Waals surface area contributed by atoms with Crippen LogP contribution in [0.25, 0.3) is 10.9 Å². The highest BCUT2D eigenvalue weighted by molar-refractivity contribution is 6.37. The van der Waals surface area contributed by atoms with Gasteiger partial charge in [0.1, 0.15) is 5.75 Å². The van der Waals surface area contributed by atoms with Crippen LogP contribution in [0.15, 0.2) is 30.5 Å². The van der Waals surface area contributed by atoms with Crippen molar-refractivity contribution in [3.05, 3.63) is 40.5 Å². The molecule has 19 nitrogen and oxygen atoms in total. The molecule has 1 amide bonds. The van der Waals surface area contributed by atoms with Crippen LogP contribution >= 0.6 is 23.2 Å². The van der Waals surface area contributed by atoms with Crippen molar-refractivity contribution in [3.8, 4) is 17.2 Å². The lowest BCUT2D eigenvalue weighted by molar-refractivity contribution is -0.130. The fourth-order valence-corrected chi connectivity index (χ4v) is 9.35. The van der Waals surface area contributed by atoms with E-state index in [4.69, 9.17) is 76.3 Å². The number of hydrogen-bond acceptors (Lipinski definition) is 18. The maximum Gasteiger partial charge on any atom is 0.223 e. The van der Waals surface area contributed by atoms with Gasteiger partial charge < -0.3 is 78.8 Å². The van der Waals surface area contributed by atoms with Crippen LogP contribution in [0.2, 0.25) is 10.0 Å². The Morgan fingerprint density at radius 3 is 1.81 bits per heavy atom. The van der Waals surface area contributed by atoms with Crippen molar-refractivity contribution in [3.63, 3.8) is 0 Å². The number of piperazine rings is 1. The van der Waals surface area contributed by atoms with E-state index in [0.29, 0.717) is 168 Å². The number of benzene rings is 2. The highest BCUT2D eigenvalue weighted by Gasteiger charge is 2.53. The van der Waals surface area contributed by atoms with E-state index in [9.17, 15) is 15.0 Å². The summed E-state index contributed by atoms with van der Waals surface area (Å²) >= 11 is 12.7. The zero-order valence-electron chi connectivity index (χ0n) is 40.0. The van der Waals surface area contributed by atoms with Gasteiger partial charge in [0.15, 0.2) is 11.5 Å². The summed E-state index contributed by atoms with van der Waals surface area (Å²) in [4.78, 5) is 21.9. The molecule has 6 rings (SSSR count). The molecule has 386 valence electrons. The van der Waals surface area contributed by atoms with Crippen LogP contribution in [-0.2, 0) is 38.0 Å². The molecule has 1 aliphatic heterocycles. The number of ether oxygens (including phenoxy) is 10. The van der Waals surface area contributed by atoms with E-state index in [1.54, 1.807) is 32.5 Å². The molecule has 5 atom stereocenters. The summed E-state index contributed by atoms with van der Waals surface area (Å²) in [5, 5.41) is 27.7. The molecule has 2 aromatic carbocycles. The monoisotopic (exact) mass is 1010 g/mol. The van der Waals surface area contributed by atoms with Crippen molar-refractivity contribution >= 4 is 57.1 Å². The quantitative estimate of drug-likeness (QED) is 0.0536. The smallest absolute Gasteiger partial charge is 0.223 e. The Morgan fingerprint density at radius 1 is 0.681 bits per heavy atom. The Bertz CT molecular complexity index is 2000. The molecule has 2 heterocycles. The number of methoxy groups -OCH3 is 2. The van der Waals surface area contributed by atoms with Gasteiger partial charge in [-0.05, 0) is 43.2 Å². The third kappa shape index (κ3) is 17.0. The summed E-state index contributed by atoms with van der Waals surface area (Å²) in [6.07, 6.45) is 2.33. The van der Waals surface area contributed by atoms with E-state index >= 15 is 0 Å². The van der Waals surface area contributed by atoms with Gasteiger partial charge in [-0.15, -0.1) is 0 Å². The first-order valence-electron chi connectivity index (χ1n) is 24.0. The molecular weight excluding hydrogens is 939 g/mol. The molecule has 3 fully saturated rings. The summed E-state index contributed by atoms with van der Waals surface area (Å²) < 4.78 is 56.4. The zero-order valence-corrected chi connectivity index (χ0v) is 41.5. The number of nitrogen functional groups attached to an aromatic ring is 1. The number of nitrogens with zero attached hydrogens (tertiary/aromatic N) is 3. The predicted molar refractivity (Wildman–Crippen MR) is 262 cm³/mol. The summed E-state index contributed by atoms with van der Waals surface area (Å²) in [5.74, 6) is 1.25. The predicted octanol–water partition coefficient (Wildman–Crippen LogP) is 3.88. The van der Waals surface area contributed by atoms with Gasteiger partial charge in [0.2, 0.25) is 5.91 Å². The van der Waals surface area contributed by atoms with Crippen LogP contribution in [0.3, 0.4) is 0 Å². The molecule has 1 saturated heterocycles. The number of halogens is 2. The Balaban J connectivity index is 0.682. The van der Waals surface area contributed by atoms with Gasteiger partial charge in [0.25, 0.3) is 0 Å². The highest BCUT2D eigenvalue weighted by Crippen LogP contribution is 2.48. The number of hydrogen-bond donors (Lipinski definition) is 5. The second-order valence-corrected chi connectivity index (χ2v) is 18.0. The molecule has 1 aromatic heterocycles. The number of rotatable bonds is 34. The van der Waals surface area contributed by atoms with Crippen molar-refractivity contribution in [1.82, 2.24) is 20.1 Å². The number of nitrogens with one attached hydrogen (secondary N) is 2. The van der Waals surface area contributed by atoms with Gasteiger partial charge in [0, 0.05) is 69.3 Å². The summed E-state index contributed by atoms with van der Waals surface area (Å²) in [6.45, 7) is 13.5. The average molecular weight is 1010 g/mol. The van der Waals surface area contributed by atoms with Crippen molar-refractivity contribution in [2.24, 2.45) is 17.8 Å². The van der Waals surface area contributed by atoms with Crippen LogP contribution in [-0.4, -0.2) is 202 Å². The second-order valence-electron chi connectivity index (χ2n) is 17.1. The molecule has 0 radical (unpaired) electrons. The molecule has 2 saturated carbocycles. The minimum Gasteiger partial charge on any atom is -0.495 e. The lowest BCUT2D eigenvalue weighted by atomic mass is 9.84. The van der Waals surface area contributed by atoms with Gasteiger partial charge >= 0.3 is 0 Å². The molecule has 0 spiro atoms. The molecule has 5 unspecified atom stereocenters. The molecular formula is C48H72Cl2N6O13. The van der Waals surface area contributed by atoms with E-state index in [1.165, 1.54) is 0 Å². The number of pyridine rings is 1. The lowest BCUT2D eigenvalue weighted by Gasteiger charge is -2.34. The minimum atomic E-state index is -0.793. The van der Waals surface area contributed by atoms with Crippen LogP contribution in [0.1, 0.15) is 19.3 Å². The molecule has 2 aliphatic carbocycles. The van der Waals surface area contributed by atoms with E-state index in [0.717, 1.165) is 51.1 Å². The maximum absolute atomic E-state index is 12.4. The number of carbonyl (C=O) groups is 1. The number of aliphatic hydroxyl groups excluding tert-OH is 2. The molecule has 6 N–H and O–H groups in total. The molecule has 3 aromatic rings. The third-order valence-electron chi connectivity index (χ3n) is 12.6. The van der Waals surface area contributed by atoms with Crippen LogP contribution in [0.5, 0.6) is 17.2 Å². The van der Waals surface area contributed by atoms with Crippen molar-refractivity contribution in [1.29, 1.82) is 0 Å². The van der Waals surface area contributed by atoms with Gasteiger partial charge in [-0.1, -0.05) is 23.2 Å². The van der Waals surface area contributed by atoms with Gasteiger partial charge in [-0.2, -0.15) is 0 Å². The number of aliphatic hydroxyl groups is 2. The number of aromatic nitrogens is 1. The number of anilines is 3. The van der Waals surface area contributed by atoms with E-state index in [2.05, 4.69) is 25.4 Å². The number of amides is 1. The van der Waals surface area contributed by atoms with Gasteiger partial charge in [-0.25, -0.2) is 0 Å². The first kappa shape index (κ1) is 54.8. The fraction of sp³-hybridized carbons (Fsp3) is 0.667. The zero-order chi connectivity index (χ0) is 48.8. The van der Waals surface area contributed by atoms with Gasteiger partial charge in [0.05, 0.1) is 164 Å². The largest absolute Gasteiger partial charge is 0.495 e. The Hall–Kier alpha value is -3.54. The topological polar surface area (TPSA) is 219 Å². The number of nitrogens with two attached hydrogens (primary N) is 1. The van der Waals surface area contributed by atoms with E-state index in [-0.39, 0.29) is 23.7 Å². The fourth-order valence-electron chi connectivity index (χ4n) is 8.84. The SMILES string of the molecule is COc1cc(Nc2c(N)cnc3cc(OCCCN4CCN(CCOCCOCCOCCOCCOCCOCCOCCNC(=O)C5CC6CC5C(O)C6O)CC4)c(OC)cc23)c(Cl)cc1Cl. The van der Waals surface area contributed by atoms with Crippen molar-refractivity contribution in [2.45, 2.75) is 31.5 Å². The average Bonchev–Trinajstić information content (AvgIpc) is 3.92. The van der Waals surface area contributed by atoms with Crippen LogP contribution < -0.4 is 30.6 Å². The Kier molecular flexibility index (Phi) is 23.6. The normalized spacial score (nSPS) is 20.5. The third-order valence-corrected chi connectivity index (χ3v) is 13.2. The molecule has 69 heavy (non-hydrogen) atoms. The minimum absolute atomic E-state index is 0.0275. The first-order valence-corrected chi connectivity index (χ1v) is 24.7. The number of carbonyl (C=O) groups excluding carboxylic acids is 1. The van der Waals surface area contributed by atoms with Crippen molar-refractivity contribution in [2.75, 3.05) is 170 Å². The first-order chi connectivity index (χ1) is 33.7. The van der Waals surface area contributed by atoms with E-state index in [1.807, 2.05) is 12.1 Å². The lowest BCUT2D eigenvalue weighted by Crippen LogP contribution is -2.47. The molecule has 3 aliphatic rings. The summed E-state index contributed by atoms with van der Waals surface area (Å²) in [7, 11) is 3.15. The van der Waals surface area contributed by atoms with Crippen LogP contribution in [0, 0.1) is 17.8 Å². The molecule has 21 heteroatoms. The van der Waals surface area contributed by atoms with E-state index < -0.39 is 12.2 Å².